The molecule has 43 heavy (non-hydrogen) atoms. The number of aryl methyl sites for hydroxylation is 1. The van der Waals surface area contributed by atoms with Gasteiger partial charge >= 0.3 is 0 Å². The van der Waals surface area contributed by atoms with E-state index in [1.165, 1.54) is 25.1 Å². The van der Waals surface area contributed by atoms with E-state index in [1.54, 1.807) is 13.0 Å². The minimum atomic E-state index is -2.60. The van der Waals surface area contributed by atoms with Gasteiger partial charge in [0.1, 0.15) is 11.4 Å². The Hall–Kier alpha value is -3.51. The normalized spacial score (nSPS) is 31.8. The average Bonchev–Trinajstić information content (AvgIpc) is 3.30. The fourth-order valence-corrected chi connectivity index (χ4v) is 8.11. The van der Waals surface area contributed by atoms with Gasteiger partial charge in [-0.15, -0.1) is 23.2 Å². The molecule has 14 heteroatoms. The Balaban J connectivity index is 1.61. The van der Waals surface area contributed by atoms with Gasteiger partial charge in [-0.25, -0.2) is 26.9 Å². The number of carbonyl (C=O) groups is 4. The first-order valence-electron chi connectivity index (χ1n) is 13.3. The van der Waals surface area contributed by atoms with E-state index in [-0.39, 0.29) is 29.2 Å². The van der Waals surface area contributed by atoms with Gasteiger partial charge in [0.15, 0.2) is 33.0 Å². The van der Waals surface area contributed by atoms with E-state index in [0.717, 1.165) is 4.90 Å². The summed E-state index contributed by atoms with van der Waals surface area (Å²) in [7, 11) is 0. The molecule has 226 valence electrons. The molecule has 4 amide bonds. The number of phenolic OH excluding ortho intramolecular Hbond substituents is 1. The van der Waals surface area contributed by atoms with Gasteiger partial charge in [0, 0.05) is 12.5 Å². The third kappa shape index (κ3) is 3.53. The molecular weight excluding hydrogens is 622 g/mol. The highest BCUT2D eigenvalue weighted by Gasteiger charge is 2.77. The standard InChI is InChI=1S/C29H21Cl2F5N2O5/c1-3-37-24(40)13-6-5-12-14(16(13)25(37)41)9-28(30)26(42)38(23-21(35)19(33)18(32)20(34)22(23)36)27(43)29(28,31)17(12)11-4-7-15(39)10(2)8-11/h4-5,7-8,13-14,16-17,39H,3,6,9H2,1-2H3/t13-,14+,16-,17-,28+,29-/m0/s1. The molecule has 0 aromatic heterocycles. The smallest absolute Gasteiger partial charge is 0.258 e. The minimum absolute atomic E-state index is 0.0664. The Bertz CT molecular complexity index is 1690. The first-order valence-corrected chi connectivity index (χ1v) is 14.0. The van der Waals surface area contributed by atoms with Crippen molar-refractivity contribution in [3.8, 4) is 5.75 Å². The van der Waals surface area contributed by atoms with E-state index < -0.39 is 98.2 Å². The van der Waals surface area contributed by atoms with Gasteiger partial charge < -0.3 is 5.11 Å². The number of hydrogen-bond acceptors (Lipinski definition) is 5. The number of halogens is 7. The van der Waals surface area contributed by atoms with E-state index >= 15 is 8.78 Å². The number of carbonyl (C=O) groups excluding carboxylic acids is 4. The van der Waals surface area contributed by atoms with Gasteiger partial charge in [0.05, 0.1) is 11.8 Å². The Morgan fingerprint density at radius 1 is 0.907 bits per heavy atom. The average molecular weight is 643 g/mol. The Labute approximate surface area is 250 Å². The molecule has 7 nitrogen and oxygen atoms in total. The molecule has 6 atom stereocenters. The number of allylic oxidation sites excluding steroid dienone is 2. The van der Waals surface area contributed by atoms with Crippen LogP contribution in [0, 0.1) is 53.8 Å². The Morgan fingerprint density at radius 2 is 1.51 bits per heavy atom. The van der Waals surface area contributed by atoms with Gasteiger partial charge in [0.2, 0.25) is 17.6 Å². The number of imide groups is 2. The molecule has 1 saturated carbocycles. The van der Waals surface area contributed by atoms with Crippen molar-refractivity contribution in [2.45, 2.75) is 42.4 Å². The summed E-state index contributed by atoms with van der Waals surface area (Å²) in [5, 5.41) is 10.2. The highest BCUT2D eigenvalue weighted by molar-refractivity contribution is 6.58. The van der Waals surface area contributed by atoms with Crippen LogP contribution in [-0.2, 0) is 19.2 Å². The van der Waals surface area contributed by atoms with E-state index in [4.69, 9.17) is 23.2 Å². The zero-order valence-electron chi connectivity index (χ0n) is 22.4. The second-order valence-corrected chi connectivity index (χ2v) is 12.4. The van der Waals surface area contributed by atoms with E-state index in [9.17, 15) is 37.5 Å². The molecule has 2 aliphatic heterocycles. The maximum absolute atomic E-state index is 15.0. The second-order valence-electron chi connectivity index (χ2n) is 11.2. The SMILES string of the molecule is CCN1C(=O)[C@H]2[C@H](CC=C3[C@H]2C[C@@]2(Cl)C(=O)N(c4c(F)c(F)c(F)c(F)c4F)C(=O)[C@@]2(Cl)[C@H]3c2ccc(O)c(C)c2)C1=O. The van der Waals surface area contributed by atoms with Crippen LogP contribution in [0.4, 0.5) is 27.6 Å². The highest BCUT2D eigenvalue weighted by atomic mass is 35.5. The Morgan fingerprint density at radius 3 is 2.09 bits per heavy atom. The number of aromatic hydroxyl groups is 1. The summed E-state index contributed by atoms with van der Waals surface area (Å²) in [6, 6.07) is 4.10. The first kappa shape index (κ1) is 29.6. The predicted molar refractivity (Wildman–Crippen MR) is 142 cm³/mol. The zero-order valence-corrected chi connectivity index (χ0v) is 23.9. The molecule has 1 N–H and O–H groups in total. The molecule has 6 rings (SSSR count). The molecule has 2 aromatic rings. The van der Waals surface area contributed by atoms with Crippen molar-refractivity contribution in [2.75, 3.05) is 11.4 Å². The number of anilines is 1. The van der Waals surface area contributed by atoms with E-state index in [1.807, 2.05) is 0 Å². The minimum Gasteiger partial charge on any atom is -0.508 e. The van der Waals surface area contributed by atoms with Crippen molar-refractivity contribution in [3.05, 3.63) is 70.1 Å². The van der Waals surface area contributed by atoms with Crippen molar-refractivity contribution in [3.63, 3.8) is 0 Å². The fraction of sp³-hybridized carbons (Fsp3) is 0.379. The Kier molecular flexibility index (Phi) is 6.53. The number of fused-ring (bicyclic) bond motifs is 4. The molecule has 2 heterocycles. The topological polar surface area (TPSA) is 95.0 Å². The zero-order chi connectivity index (χ0) is 31.5. The van der Waals surface area contributed by atoms with E-state index in [2.05, 4.69) is 0 Å². The van der Waals surface area contributed by atoms with E-state index in [0.29, 0.717) is 11.1 Å². The van der Waals surface area contributed by atoms with Crippen LogP contribution in [0.2, 0.25) is 0 Å². The quantitative estimate of drug-likeness (QED) is 0.127. The molecule has 2 aliphatic carbocycles. The number of rotatable bonds is 3. The van der Waals surface area contributed by atoms with Crippen LogP contribution in [0.25, 0.3) is 0 Å². The van der Waals surface area contributed by atoms with Crippen LogP contribution < -0.4 is 4.90 Å². The predicted octanol–water partition coefficient (Wildman–Crippen LogP) is 4.98. The third-order valence-electron chi connectivity index (χ3n) is 9.18. The summed E-state index contributed by atoms with van der Waals surface area (Å²) in [6.45, 7) is 3.21. The molecule has 2 aromatic carbocycles. The lowest BCUT2D eigenvalue weighted by molar-refractivity contribution is -0.140. The van der Waals surface area contributed by atoms with Crippen LogP contribution in [0.3, 0.4) is 0 Å². The van der Waals surface area contributed by atoms with Gasteiger partial charge in [-0.3, -0.25) is 24.1 Å². The molecule has 3 fully saturated rings. The van der Waals surface area contributed by atoms with Gasteiger partial charge in [-0.1, -0.05) is 23.8 Å². The first-order chi connectivity index (χ1) is 20.1. The molecular formula is C29H21Cl2F5N2O5. The molecule has 0 spiro atoms. The van der Waals surface area contributed by atoms with Crippen molar-refractivity contribution >= 4 is 52.5 Å². The van der Waals surface area contributed by atoms with Crippen molar-refractivity contribution < 1.29 is 46.2 Å². The summed E-state index contributed by atoms with van der Waals surface area (Å²) in [5.41, 5.74) is -0.959. The number of nitrogens with zero attached hydrogens (tertiary/aromatic N) is 2. The number of alkyl halides is 2. The maximum atomic E-state index is 15.0. The summed E-state index contributed by atoms with van der Waals surface area (Å²) in [6.07, 6.45) is 1.12. The highest BCUT2D eigenvalue weighted by Crippen LogP contribution is 2.66. The van der Waals surface area contributed by atoms with Crippen LogP contribution in [0.5, 0.6) is 5.75 Å². The lowest BCUT2D eigenvalue weighted by atomic mass is 9.56. The molecule has 0 bridgehead atoms. The molecule has 2 saturated heterocycles. The number of phenols is 1. The number of hydrogen-bond donors (Lipinski definition) is 1. The van der Waals surface area contributed by atoms with Crippen LogP contribution >= 0.6 is 23.2 Å². The van der Waals surface area contributed by atoms with Crippen molar-refractivity contribution in [1.29, 1.82) is 0 Å². The molecule has 0 unspecified atom stereocenters. The number of amides is 4. The lowest BCUT2D eigenvalue weighted by Gasteiger charge is -2.50. The van der Waals surface area contributed by atoms with Crippen LogP contribution in [-0.4, -0.2) is 49.9 Å². The number of benzene rings is 2. The maximum Gasteiger partial charge on any atom is 0.258 e. The second kappa shape index (κ2) is 9.49. The third-order valence-corrected chi connectivity index (χ3v) is 10.6. The summed E-state index contributed by atoms with van der Waals surface area (Å²) in [4.78, 5) is 50.4. The summed E-state index contributed by atoms with van der Waals surface area (Å²) >= 11 is 14.0. The lowest BCUT2D eigenvalue weighted by Crippen LogP contribution is -2.60. The fourth-order valence-electron chi connectivity index (χ4n) is 7.18. The van der Waals surface area contributed by atoms with Gasteiger partial charge in [-0.2, -0.15) is 0 Å². The summed E-state index contributed by atoms with van der Waals surface area (Å²) < 4.78 is 72.4. The van der Waals surface area contributed by atoms with Gasteiger partial charge in [0.25, 0.3) is 11.8 Å². The van der Waals surface area contributed by atoms with Gasteiger partial charge in [-0.05, 0) is 49.8 Å². The molecule has 4 aliphatic rings. The van der Waals surface area contributed by atoms with Crippen LogP contribution in [0.15, 0.2) is 29.8 Å². The van der Waals surface area contributed by atoms with Crippen molar-refractivity contribution in [1.82, 2.24) is 4.90 Å². The molecule has 0 radical (unpaired) electrons. The van der Waals surface area contributed by atoms with Crippen LogP contribution in [0.1, 0.15) is 36.8 Å². The number of likely N-dealkylation sites (tertiary alicyclic amines) is 1. The monoisotopic (exact) mass is 642 g/mol. The van der Waals surface area contributed by atoms with Crippen molar-refractivity contribution in [2.24, 2.45) is 17.8 Å². The summed E-state index contributed by atoms with van der Waals surface area (Å²) in [5.74, 6) is -20.6. The largest absolute Gasteiger partial charge is 0.508 e.